The van der Waals surface area contributed by atoms with E-state index >= 15 is 0 Å². The predicted octanol–water partition coefficient (Wildman–Crippen LogP) is 4.37. The van der Waals surface area contributed by atoms with E-state index in [1.54, 1.807) is 0 Å². The van der Waals surface area contributed by atoms with Crippen molar-refractivity contribution in [2.24, 2.45) is 0 Å². The zero-order chi connectivity index (χ0) is 18.3. The van der Waals surface area contributed by atoms with Gasteiger partial charge in [0.25, 0.3) is 0 Å². The summed E-state index contributed by atoms with van der Waals surface area (Å²) in [7, 11) is 2.19. The number of aliphatic hydroxyl groups excluding tert-OH is 1. The van der Waals surface area contributed by atoms with Crippen molar-refractivity contribution in [1.29, 1.82) is 0 Å². The van der Waals surface area contributed by atoms with Crippen LogP contribution < -0.4 is 0 Å². The molecule has 3 nitrogen and oxygen atoms in total. The third-order valence-electron chi connectivity index (χ3n) is 5.53. The van der Waals surface area contributed by atoms with E-state index in [0.717, 1.165) is 31.5 Å². The lowest BCUT2D eigenvalue weighted by Crippen LogP contribution is -2.21. The summed E-state index contributed by atoms with van der Waals surface area (Å²) in [4.78, 5) is 2.39. The van der Waals surface area contributed by atoms with Gasteiger partial charge >= 0.3 is 0 Å². The van der Waals surface area contributed by atoms with Gasteiger partial charge in [0.15, 0.2) is 0 Å². The Morgan fingerprint density at radius 2 is 1.81 bits per heavy atom. The normalized spacial score (nSPS) is 16.5. The maximum absolute atomic E-state index is 10.8. The van der Waals surface area contributed by atoms with Crippen molar-refractivity contribution >= 4 is 22.5 Å². The van der Waals surface area contributed by atoms with Crippen LogP contribution in [0.1, 0.15) is 28.5 Å². The smallest absolute Gasteiger partial charge is 0.0969 e. The number of fused-ring (bicyclic) bond motifs is 3. The van der Waals surface area contributed by atoms with E-state index in [9.17, 15) is 5.11 Å². The highest BCUT2D eigenvalue weighted by atomic mass is 35.5. The molecule has 0 bridgehead atoms. The second-order valence-corrected chi connectivity index (χ2v) is 7.86. The van der Waals surface area contributed by atoms with E-state index in [2.05, 4.69) is 41.6 Å². The molecule has 0 aliphatic carbocycles. The number of aromatic nitrogens is 1. The molecule has 1 atom stereocenters. The minimum Gasteiger partial charge on any atom is -0.387 e. The maximum Gasteiger partial charge on any atom is 0.0969 e. The van der Waals surface area contributed by atoms with Crippen LogP contribution >= 0.6 is 11.6 Å². The Hall–Kier alpha value is -1.81. The number of hydrogen-bond acceptors (Lipinski definition) is 2. The quantitative estimate of drug-likeness (QED) is 0.743. The van der Waals surface area contributed by atoms with Crippen molar-refractivity contribution in [3.63, 3.8) is 0 Å². The molecule has 0 saturated heterocycles. The molecule has 136 valence electrons. The first kappa shape index (κ1) is 17.6. The highest BCUT2D eigenvalue weighted by Gasteiger charge is 2.22. The van der Waals surface area contributed by atoms with E-state index < -0.39 is 6.10 Å². The number of benzene rings is 2. The summed E-state index contributed by atoms with van der Waals surface area (Å²) in [6, 6.07) is 14.2. The fraction of sp³-hybridized carbons (Fsp3) is 0.364. The topological polar surface area (TPSA) is 28.4 Å². The number of aliphatic hydroxyl groups is 1. The van der Waals surface area contributed by atoms with Gasteiger partial charge in [-0.2, -0.15) is 0 Å². The second-order valence-electron chi connectivity index (χ2n) is 7.43. The van der Waals surface area contributed by atoms with Crippen molar-refractivity contribution in [3.8, 4) is 0 Å². The number of aryl methyl sites for hydroxylation is 1. The molecule has 3 aromatic rings. The first-order valence-corrected chi connectivity index (χ1v) is 9.63. The van der Waals surface area contributed by atoms with Crippen molar-refractivity contribution in [3.05, 3.63) is 69.9 Å². The summed E-state index contributed by atoms with van der Waals surface area (Å²) < 4.78 is 2.34. The van der Waals surface area contributed by atoms with E-state index in [1.807, 2.05) is 24.3 Å². The molecule has 0 amide bonds. The maximum atomic E-state index is 10.8. The SMILES string of the molecule is Cc1ccc2c(c1)c1c(n2CC(O)c2ccc(Cl)cc2)CCN(C)CC1. The molecule has 0 radical (unpaired) electrons. The molecule has 2 aromatic carbocycles. The standard InChI is InChI=1S/C22H25ClN2O/c1-15-3-8-20-19(13-15)18-9-11-24(2)12-10-21(18)25(20)14-22(26)16-4-6-17(23)7-5-16/h3-8,13,22,26H,9-12,14H2,1-2H3. The molecule has 4 rings (SSSR count). The zero-order valence-corrected chi connectivity index (χ0v) is 16.1. The lowest BCUT2D eigenvalue weighted by molar-refractivity contribution is 0.157. The lowest BCUT2D eigenvalue weighted by atomic mass is 10.1. The van der Waals surface area contributed by atoms with Crippen LogP contribution in [0.2, 0.25) is 5.02 Å². The van der Waals surface area contributed by atoms with E-state index in [-0.39, 0.29) is 0 Å². The molecule has 2 heterocycles. The highest BCUT2D eigenvalue weighted by molar-refractivity contribution is 6.30. The van der Waals surface area contributed by atoms with Gasteiger partial charge in [0.2, 0.25) is 0 Å². The zero-order valence-electron chi connectivity index (χ0n) is 15.4. The number of halogens is 1. The van der Waals surface area contributed by atoms with Crippen molar-refractivity contribution in [2.75, 3.05) is 20.1 Å². The number of rotatable bonds is 3. The first-order valence-electron chi connectivity index (χ1n) is 9.25. The molecule has 0 saturated carbocycles. The van der Waals surface area contributed by atoms with Gasteiger partial charge in [-0.05, 0) is 55.8 Å². The van der Waals surface area contributed by atoms with Crippen LogP contribution in [0.15, 0.2) is 42.5 Å². The van der Waals surface area contributed by atoms with Gasteiger partial charge in [-0.25, -0.2) is 0 Å². The Labute approximate surface area is 159 Å². The molecule has 0 spiro atoms. The van der Waals surface area contributed by atoms with Crippen LogP contribution in [0.5, 0.6) is 0 Å². The third kappa shape index (κ3) is 3.27. The molecule has 1 aliphatic heterocycles. The van der Waals surface area contributed by atoms with Gasteiger partial charge in [-0.1, -0.05) is 35.4 Å². The number of likely N-dealkylation sites (N-methyl/N-ethyl adjacent to an activating group) is 1. The largest absolute Gasteiger partial charge is 0.387 e. The van der Waals surface area contributed by atoms with Crippen LogP contribution in [0.3, 0.4) is 0 Å². The van der Waals surface area contributed by atoms with Gasteiger partial charge in [-0.15, -0.1) is 0 Å². The first-order chi connectivity index (χ1) is 12.5. The lowest BCUT2D eigenvalue weighted by Gasteiger charge is -2.17. The fourth-order valence-electron chi connectivity index (χ4n) is 4.04. The Morgan fingerprint density at radius 1 is 1.08 bits per heavy atom. The van der Waals surface area contributed by atoms with Crippen LogP contribution in [0, 0.1) is 6.92 Å². The Morgan fingerprint density at radius 3 is 2.58 bits per heavy atom. The van der Waals surface area contributed by atoms with Gasteiger partial charge in [0.05, 0.1) is 12.6 Å². The molecule has 1 N–H and O–H groups in total. The minimum atomic E-state index is -0.547. The van der Waals surface area contributed by atoms with Crippen molar-refractivity contribution in [2.45, 2.75) is 32.4 Å². The van der Waals surface area contributed by atoms with Gasteiger partial charge in [0.1, 0.15) is 0 Å². The molecule has 26 heavy (non-hydrogen) atoms. The summed E-state index contributed by atoms with van der Waals surface area (Å²) in [6.45, 7) is 4.86. The molecular formula is C22H25ClN2O. The van der Waals surface area contributed by atoms with E-state index in [4.69, 9.17) is 11.6 Å². The van der Waals surface area contributed by atoms with Gasteiger partial charge < -0.3 is 14.6 Å². The molecule has 1 aliphatic rings. The Bertz CT molecular complexity index is 929. The van der Waals surface area contributed by atoms with Gasteiger partial charge in [0, 0.05) is 41.1 Å². The number of hydrogen-bond donors (Lipinski definition) is 1. The summed E-state index contributed by atoms with van der Waals surface area (Å²) in [5, 5.41) is 12.9. The number of nitrogens with zero attached hydrogens (tertiary/aromatic N) is 2. The van der Waals surface area contributed by atoms with E-state index in [0.29, 0.717) is 11.6 Å². The van der Waals surface area contributed by atoms with Crippen molar-refractivity contribution in [1.82, 2.24) is 9.47 Å². The predicted molar refractivity (Wildman–Crippen MR) is 108 cm³/mol. The average Bonchev–Trinajstić information content (AvgIpc) is 2.76. The van der Waals surface area contributed by atoms with Crippen LogP contribution in [-0.2, 0) is 19.4 Å². The van der Waals surface area contributed by atoms with Crippen LogP contribution in [0.4, 0.5) is 0 Å². The molecule has 0 fully saturated rings. The van der Waals surface area contributed by atoms with Crippen LogP contribution in [0.25, 0.3) is 10.9 Å². The Kier molecular flexibility index (Phi) is 4.78. The minimum absolute atomic E-state index is 0.547. The van der Waals surface area contributed by atoms with Crippen molar-refractivity contribution < 1.29 is 5.11 Å². The fourth-order valence-corrected chi connectivity index (χ4v) is 4.16. The summed E-state index contributed by atoms with van der Waals surface area (Å²) in [6.07, 6.45) is 1.54. The summed E-state index contributed by atoms with van der Waals surface area (Å²) in [5.74, 6) is 0. The summed E-state index contributed by atoms with van der Waals surface area (Å²) in [5.41, 5.74) is 6.26. The Balaban J connectivity index is 1.77. The van der Waals surface area contributed by atoms with Crippen LogP contribution in [-0.4, -0.2) is 34.7 Å². The van der Waals surface area contributed by atoms with E-state index in [1.165, 1.54) is 27.7 Å². The highest BCUT2D eigenvalue weighted by Crippen LogP contribution is 2.32. The molecule has 1 unspecified atom stereocenters. The molecule has 4 heteroatoms. The second kappa shape index (κ2) is 7.07. The molecular weight excluding hydrogens is 344 g/mol. The third-order valence-corrected chi connectivity index (χ3v) is 5.78. The average molecular weight is 369 g/mol. The monoisotopic (exact) mass is 368 g/mol. The van der Waals surface area contributed by atoms with Gasteiger partial charge in [-0.3, -0.25) is 0 Å². The summed E-state index contributed by atoms with van der Waals surface area (Å²) >= 11 is 5.99. The molecule has 1 aromatic heterocycles.